The summed E-state index contributed by atoms with van der Waals surface area (Å²) < 4.78 is 39.4. The molecule has 0 saturated heterocycles. The number of esters is 1. The number of alkyl halides is 3. The highest BCUT2D eigenvalue weighted by Gasteiger charge is 2.33. The lowest BCUT2D eigenvalue weighted by Gasteiger charge is -2.12. The zero-order chi connectivity index (χ0) is 10.5. The molecule has 0 aromatic rings. The van der Waals surface area contributed by atoms with Crippen LogP contribution in [0.3, 0.4) is 0 Å². The first kappa shape index (κ1) is 15.7. The lowest BCUT2D eigenvalue weighted by Crippen LogP contribution is -2.36. The second-order valence-corrected chi connectivity index (χ2v) is 2.34. The minimum absolute atomic E-state index is 0. The molecule has 2 N–H and O–H groups in total. The maximum Gasteiger partial charge on any atom is 0.391 e. The van der Waals surface area contributed by atoms with Crippen LogP contribution in [0.4, 0.5) is 13.2 Å². The maximum absolute atomic E-state index is 11.7. The third-order valence-corrected chi connectivity index (χ3v) is 1.10. The van der Waals surface area contributed by atoms with Crippen LogP contribution < -0.4 is 5.73 Å². The van der Waals surface area contributed by atoms with Gasteiger partial charge in [-0.2, -0.15) is 13.2 Å². The maximum atomic E-state index is 11.7. The second kappa shape index (κ2) is 6.67. The molecule has 0 radical (unpaired) electrons. The molecule has 0 fully saturated rings. The van der Waals surface area contributed by atoms with Crippen molar-refractivity contribution in [2.24, 2.45) is 5.73 Å². The van der Waals surface area contributed by atoms with E-state index in [1.165, 1.54) is 6.08 Å². The molecule has 1 unspecified atom stereocenters. The summed E-state index contributed by atoms with van der Waals surface area (Å²) in [7, 11) is 0. The molecule has 0 rings (SSSR count). The van der Waals surface area contributed by atoms with Crippen molar-refractivity contribution in [2.75, 3.05) is 6.61 Å². The average molecular weight is 234 g/mol. The summed E-state index contributed by atoms with van der Waals surface area (Å²) in [6.45, 7) is 3.09. The van der Waals surface area contributed by atoms with E-state index in [9.17, 15) is 18.0 Å². The van der Waals surface area contributed by atoms with Crippen molar-refractivity contribution in [3.05, 3.63) is 12.7 Å². The van der Waals surface area contributed by atoms with Crippen molar-refractivity contribution in [1.82, 2.24) is 0 Å². The highest BCUT2D eigenvalue weighted by atomic mass is 35.5. The highest BCUT2D eigenvalue weighted by molar-refractivity contribution is 5.85. The Morgan fingerprint density at radius 2 is 2.07 bits per heavy atom. The number of ether oxygens (including phenoxy) is 1. The van der Waals surface area contributed by atoms with Crippen molar-refractivity contribution < 1.29 is 22.7 Å². The van der Waals surface area contributed by atoms with Crippen LogP contribution in [0, 0.1) is 0 Å². The van der Waals surface area contributed by atoms with E-state index in [-0.39, 0.29) is 19.0 Å². The normalized spacial score (nSPS) is 12.6. The molecule has 7 heteroatoms. The van der Waals surface area contributed by atoms with Crippen molar-refractivity contribution in [3.63, 3.8) is 0 Å². The molecule has 0 heterocycles. The Bertz CT molecular complexity index is 196. The predicted molar refractivity (Wildman–Crippen MR) is 47.1 cm³/mol. The van der Waals surface area contributed by atoms with Gasteiger partial charge in [0.15, 0.2) is 0 Å². The minimum atomic E-state index is -4.45. The minimum Gasteiger partial charge on any atom is -0.460 e. The molecule has 0 spiro atoms. The molecular weight excluding hydrogens is 223 g/mol. The standard InChI is InChI=1S/C7H10F3NO2.ClH/c1-2-3-13-6(12)5(11)4-7(8,9)10;/h2,5H,1,3-4,11H2;1H. The zero-order valence-electron chi connectivity index (χ0n) is 7.21. The number of carbonyl (C=O) groups excluding carboxylic acids is 1. The van der Waals surface area contributed by atoms with Crippen LogP contribution in [0.5, 0.6) is 0 Å². The summed E-state index contributed by atoms with van der Waals surface area (Å²) >= 11 is 0. The van der Waals surface area contributed by atoms with E-state index < -0.39 is 24.6 Å². The molecule has 0 aromatic heterocycles. The zero-order valence-corrected chi connectivity index (χ0v) is 8.03. The fourth-order valence-electron chi connectivity index (χ4n) is 0.581. The number of nitrogens with two attached hydrogens (primary N) is 1. The van der Waals surface area contributed by atoms with Crippen LogP contribution in [0.2, 0.25) is 0 Å². The van der Waals surface area contributed by atoms with Crippen LogP contribution in [0.15, 0.2) is 12.7 Å². The van der Waals surface area contributed by atoms with Gasteiger partial charge in [-0.3, -0.25) is 4.79 Å². The van der Waals surface area contributed by atoms with Crippen LogP contribution in [0.25, 0.3) is 0 Å². The van der Waals surface area contributed by atoms with E-state index in [2.05, 4.69) is 11.3 Å². The van der Waals surface area contributed by atoms with Gasteiger partial charge in [-0.25, -0.2) is 0 Å². The van der Waals surface area contributed by atoms with Crippen molar-refractivity contribution in [1.29, 1.82) is 0 Å². The second-order valence-electron chi connectivity index (χ2n) is 2.34. The first-order chi connectivity index (χ1) is 5.87. The number of hydrogen-bond donors (Lipinski definition) is 1. The van der Waals surface area contributed by atoms with Gasteiger partial charge < -0.3 is 10.5 Å². The van der Waals surface area contributed by atoms with Crippen molar-refractivity contribution in [2.45, 2.75) is 18.6 Å². The van der Waals surface area contributed by atoms with E-state index in [1.807, 2.05) is 0 Å². The molecule has 3 nitrogen and oxygen atoms in total. The Morgan fingerprint density at radius 3 is 2.43 bits per heavy atom. The highest BCUT2D eigenvalue weighted by Crippen LogP contribution is 2.20. The first-order valence-corrected chi connectivity index (χ1v) is 3.46. The van der Waals surface area contributed by atoms with Crippen molar-refractivity contribution >= 4 is 18.4 Å². The van der Waals surface area contributed by atoms with Gasteiger partial charge in [0.2, 0.25) is 0 Å². The summed E-state index contributed by atoms with van der Waals surface area (Å²) in [5, 5.41) is 0. The monoisotopic (exact) mass is 233 g/mol. The number of halogens is 4. The Balaban J connectivity index is 0. The molecule has 84 valence electrons. The quantitative estimate of drug-likeness (QED) is 0.590. The average Bonchev–Trinajstić information content (AvgIpc) is 1.96. The van der Waals surface area contributed by atoms with Gasteiger partial charge in [-0.05, 0) is 0 Å². The van der Waals surface area contributed by atoms with Gasteiger partial charge in [-0.1, -0.05) is 12.7 Å². The fraction of sp³-hybridized carbons (Fsp3) is 0.571. The Morgan fingerprint density at radius 1 is 1.57 bits per heavy atom. The van der Waals surface area contributed by atoms with Crippen molar-refractivity contribution in [3.8, 4) is 0 Å². The lowest BCUT2D eigenvalue weighted by molar-refractivity contribution is -0.159. The molecule has 0 aliphatic carbocycles. The van der Waals surface area contributed by atoms with Gasteiger partial charge in [0.25, 0.3) is 0 Å². The molecule has 0 saturated carbocycles. The summed E-state index contributed by atoms with van der Waals surface area (Å²) in [6.07, 6.45) is -4.58. The van der Waals surface area contributed by atoms with E-state index >= 15 is 0 Å². The number of carbonyl (C=O) groups is 1. The van der Waals surface area contributed by atoms with Crippen LogP contribution >= 0.6 is 12.4 Å². The SMILES string of the molecule is C=CCOC(=O)C(N)CC(F)(F)F.Cl. The third-order valence-electron chi connectivity index (χ3n) is 1.10. The number of rotatable bonds is 4. The Labute approximate surface area is 85.5 Å². The van der Waals surface area contributed by atoms with Gasteiger partial charge in [0, 0.05) is 0 Å². The predicted octanol–water partition coefficient (Wildman–Crippen LogP) is 1.42. The molecule has 0 aliphatic rings. The summed E-state index contributed by atoms with van der Waals surface area (Å²) in [5.74, 6) is -1.07. The smallest absolute Gasteiger partial charge is 0.391 e. The van der Waals surface area contributed by atoms with E-state index in [0.29, 0.717) is 0 Å². The summed E-state index contributed by atoms with van der Waals surface area (Å²) in [5.41, 5.74) is 4.92. The van der Waals surface area contributed by atoms with Crippen LogP contribution in [-0.2, 0) is 9.53 Å². The Kier molecular flexibility index (Phi) is 7.48. The van der Waals surface area contributed by atoms with Gasteiger partial charge >= 0.3 is 12.1 Å². The topological polar surface area (TPSA) is 52.3 Å². The molecule has 0 amide bonds. The van der Waals surface area contributed by atoms with Gasteiger partial charge in [0.1, 0.15) is 12.6 Å². The third kappa shape index (κ3) is 7.88. The lowest BCUT2D eigenvalue weighted by atomic mass is 10.2. The summed E-state index contributed by atoms with van der Waals surface area (Å²) in [4.78, 5) is 10.7. The summed E-state index contributed by atoms with van der Waals surface area (Å²) in [6, 6.07) is -1.65. The number of hydrogen-bond acceptors (Lipinski definition) is 3. The molecule has 0 aliphatic heterocycles. The molecular formula is C7H11ClF3NO2. The van der Waals surface area contributed by atoms with E-state index in [1.54, 1.807) is 0 Å². The Hall–Kier alpha value is -0.750. The van der Waals surface area contributed by atoms with E-state index in [0.717, 1.165) is 0 Å². The van der Waals surface area contributed by atoms with Gasteiger partial charge in [-0.15, -0.1) is 12.4 Å². The van der Waals surface area contributed by atoms with E-state index in [4.69, 9.17) is 5.73 Å². The van der Waals surface area contributed by atoms with Crippen LogP contribution in [-0.4, -0.2) is 24.8 Å². The molecule has 0 aromatic carbocycles. The molecule has 14 heavy (non-hydrogen) atoms. The first-order valence-electron chi connectivity index (χ1n) is 3.46. The fourth-order valence-corrected chi connectivity index (χ4v) is 0.581. The molecule has 0 bridgehead atoms. The largest absolute Gasteiger partial charge is 0.460 e. The van der Waals surface area contributed by atoms with Crippen LogP contribution in [0.1, 0.15) is 6.42 Å². The molecule has 1 atom stereocenters. The van der Waals surface area contributed by atoms with Gasteiger partial charge in [0.05, 0.1) is 6.42 Å².